The molecule has 2 amide bonds. The van der Waals surface area contributed by atoms with Gasteiger partial charge >= 0.3 is 5.24 Å². The highest BCUT2D eigenvalue weighted by atomic mass is 32.2. The molecule has 0 saturated carbocycles. The largest absolute Gasteiger partial charge is 0.497 e. The van der Waals surface area contributed by atoms with Crippen molar-refractivity contribution in [2.75, 3.05) is 25.6 Å². The number of amidine groups is 1. The monoisotopic (exact) mass is 492 g/mol. The molecule has 35 heavy (non-hydrogen) atoms. The Morgan fingerprint density at radius 2 is 1.94 bits per heavy atom. The van der Waals surface area contributed by atoms with Crippen molar-refractivity contribution in [3.05, 3.63) is 59.2 Å². The number of carbonyl (C=O) groups excluding carboxylic acids is 2. The van der Waals surface area contributed by atoms with Crippen molar-refractivity contribution in [2.45, 2.75) is 51.2 Å². The fraction of sp³-hybridized carbons (Fsp3) is 0.407. The van der Waals surface area contributed by atoms with Crippen LogP contribution >= 0.6 is 11.8 Å². The lowest BCUT2D eigenvalue weighted by molar-refractivity contribution is -0.127. The van der Waals surface area contributed by atoms with E-state index in [4.69, 9.17) is 4.74 Å². The third kappa shape index (κ3) is 4.98. The number of aryl methyl sites for hydroxylation is 1. The summed E-state index contributed by atoms with van der Waals surface area (Å²) in [5, 5.41) is 5.30. The zero-order chi connectivity index (χ0) is 25.2. The quantitative estimate of drug-likeness (QED) is 0.407. The number of fused-ring (bicyclic) bond motifs is 1. The van der Waals surface area contributed by atoms with E-state index in [2.05, 4.69) is 27.1 Å². The van der Waals surface area contributed by atoms with Gasteiger partial charge in [0.05, 0.1) is 17.6 Å². The predicted octanol–water partition coefficient (Wildman–Crippen LogP) is 5.50. The van der Waals surface area contributed by atoms with Crippen LogP contribution in [0.1, 0.15) is 56.7 Å². The van der Waals surface area contributed by atoms with Crippen LogP contribution in [0.15, 0.2) is 52.6 Å². The van der Waals surface area contributed by atoms with Crippen LogP contribution in [-0.2, 0) is 11.2 Å². The first-order valence-corrected chi connectivity index (χ1v) is 12.8. The lowest BCUT2D eigenvalue weighted by Crippen LogP contribution is -2.43. The molecule has 0 saturated heterocycles. The summed E-state index contributed by atoms with van der Waals surface area (Å²) in [6.45, 7) is 6.75. The van der Waals surface area contributed by atoms with Gasteiger partial charge in [-0.25, -0.2) is 0 Å². The summed E-state index contributed by atoms with van der Waals surface area (Å²) in [7, 11) is 3.48. The van der Waals surface area contributed by atoms with E-state index in [0.717, 1.165) is 70.3 Å². The van der Waals surface area contributed by atoms with E-state index in [0.29, 0.717) is 12.8 Å². The molecule has 0 atom stereocenters. The number of amides is 2. The number of benzene rings is 2. The maximum absolute atomic E-state index is 12.6. The molecule has 0 radical (unpaired) electrons. The number of hydrogen-bond donors (Lipinski definition) is 0. The molecule has 7 nitrogen and oxygen atoms in total. The number of anilines is 1. The first-order chi connectivity index (χ1) is 16.8. The number of rotatable bonds is 5. The highest BCUT2D eigenvalue weighted by Crippen LogP contribution is 2.38. The molecule has 0 aromatic heterocycles. The number of methoxy groups -OCH3 is 1. The first kappa shape index (κ1) is 25.0. The minimum atomic E-state index is -0.540. The van der Waals surface area contributed by atoms with E-state index in [1.165, 1.54) is 5.56 Å². The Morgan fingerprint density at radius 3 is 2.60 bits per heavy atom. The average Bonchev–Trinajstić information content (AvgIpc) is 2.84. The number of hydrazone groups is 1. The molecule has 0 N–H and O–H groups in total. The fourth-order valence-electron chi connectivity index (χ4n) is 4.56. The van der Waals surface area contributed by atoms with Crippen molar-refractivity contribution >= 4 is 40.1 Å². The number of nitrogens with zero attached hydrogens (tertiary/aromatic N) is 4. The minimum absolute atomic E-state index is 0.259. The summed E-state index contributed by atoms with van der Waals surface area (Å²) in [5.74, 6) is 1.46. The Balaban J connectivity index is 1.70. The van der Waals surface area contributed by atoms with Gasteiger partial charge in [0.15, 0.2) is 0 Å². The second kappa shape index (κ2) is 10.2. The molecule has 2 aliphatic rings. The molecule has 2 aliphatic heterocycles. The van der Waals surface area contributed by atoms with Crippen LogP contribution in [-0.4, -0.2) is 53.2 Å². The molecular weight excluding hydrogens is 460 g/mol. The molecule has 0 aliphatic carbocycles. The van der Waals surface area contributed by atoms with Gasteiger partial charge in [0.25, 0.3) is 5.91 Å². The average molecular weight is 493 g/mol. The Bertz CT molecular complexity index is 1190. The van der Waals surface area contributed by atoms with Gasteiger partial charge in [-0.1, -0.05) is 13.0 Å². The van der Waals surface area contributed by atoms with Crippen LogP contribution < -0.4 is 9.64 Å². The van der Waals surface area contributed by atoms with Crippen molar-refractivity contribution in [2.24, 2.45) is 10.1 Å². The maximum atomic E-state index is 12.6. The highest BCUT2D eigenvalue weighted by molar-refractivity contribution is 8.15. The van der Waals surface area contributed by atoms with Gasteiger partial charge in [-0.2, -0.15) is 10.1 Å². The molecule has 0 unspecified atom stereocenters. The topological polar surface area (TPSA) is 74.6 Å². The van der Waals surface area contributed by atoms with E-state index in [1.807, 2.05) is 58.2 Å². The lowest BCUT2D eigenvalue weighted by atomic mass is 9.93. The van der Waals surface area contributed by atoms with Gasteiger partial charge in [0.1, 0.15) is 11.6 Å². The van der Waals surface area contributed by atoms with E-state index in [1.54, 1.807) is 7.11 Å². The van der Waals surface area contributed by atoms with Crippen LogP contribution in [0.25, 0.3) is 0 Å². The Labute approximate surface area is 211 Å². The van der Waals surface area contributed by atoms with Crippen molar-refractivity contribution in [1.82, 2.24) is 5.01 Å². The van der Waals surface area contributed by atoms with Crippen molar-refractivity contribution in [3.63, 3.8) is 0 Å². The van der Waals surface area contributed by atoms with E-state index >= 15 is 0 Å². The molecule has 4 rings (SSSR count). The molecule has 0 spiro atoms. The van der Waals surface area contributed by atoms with Crippen LogP contribution in [0, 0.1) is 0 Å². The van der Waals surface area contributed by atoms with Gasteiger partial charge in [0.2, 0.25) is 0 Å². The molecule has 2 aromatic rings. The van der Waals surface area contributed by atoms with Crippen LogP contribution in [0.4, 0.5) is 10.5 Å². The number of imide groups is 1. The summed E-state index contributed by atoms with van der Waals surface area (Å²) >= 11 is 1.15. The van der Waals surface area contributed by atoms with Crippen LogP contribution in [0.5, 0.6) is 5.75 Å². The number of hydrogen-bond acceptors (Lipinski definition) is 6. The van der Waals surface area contributed by atoms with Gasteiger partial charge in [-0.05, 0) is 92.4 Å². The Morgan fingerprint density at radius 1 is 1.20 bits per heavy atom. The number of carbonyl (C=O) groups is 2. The Kier molecular flexibility index (Phi) is 7.31. The summed E-state index contributed by atoms with van der Waals surface area (Å²) in [5.41, 5.74) is 5.03. The SMILES string of the molecule is CCCC(=O)N1N=C(c2ccc3c(c2)CCCN3/C(=N\C)c2ccc(OC)cc2)C(C)(C)SC1=O. The molecule has 2 aromatic carbocycles. The summed E-state index contributed by atoms with van der Waals surface area (Å²) in [6.07, 6.45) is 2.91. The zero-order valence-electron chi connectivity index (χ0n) is 21.0. The van der Waals surface area contributed by atoms with E-state index in [-0.39, 0.29) is 11.1 Å². The second-order valence-electron chi connectivity index (χ2n) is 9.16. The predicted molar refractivity (Wildman–Crippen MR) is 143 cm³/mol. The standard InChI is InChI=1S/C27H32N4O3S/c1-6-8-23(32)31-26(33)35-27(2,3)24(29-31)20-12-15-22-19(17-20)9-7-16-30(22)25(28-4)18-10-13-21(34-5)14-11-18/h10-15,17H,6-9,16H2,1-5H3/b28-25-. The van der Waals surface area contributed by atoms with E-state index in [9.17, 15) is 9.59 Å². The summed E-state index contributed by atoms with van der Waals surface area (Å²) < 4.78 is 4.76. The third-order valence-corrected chi connectivity index (χ3v) is 7.32. The number of aliphatic imine (C=N–C) groups is 1. The zero-order valence-corrected chi connectivity index (χ0v) is 21.8. The molecule has 2 heterocycles. The maximum Gasteiger partial charge on any atom is 0.309 e. The van der Waals surface area contributed by atoms with Crippen LogP contribution in [0.3, 0.4) is 0 Å². The second-order valence-corrected chi connectivity index (χ2v) is 10.7. The first-order valence-electron chi connectivity index (χ1n) is 12.0. The lowest BCUT2D eigenvalue weighted by Gasteiger charge is -2.35. The molecule has 0 fully saturated rings. The molecular formula is C27H32N4O3S. The molecule has 184 valence electrons. The summed E-state index contributed by atoms with van der Waals surface area (Å²) in [4.78, 5) is 32.0. The van der Waals surface area contributed by atoms with Gasteiger partial charge in [-0.15, -0.1) is 0 Å². The smallest absolute Gasteiger partial charge is 0.309 e. The van der Waals surface area contributed by atoms with Gasteiger partial charge in [-0.3, -0.25) is 14.6 Å². The van der Waals surface area contributed by atoms with Crippen molar-refractivity contribution in [1.29, 1.82) is 0 Å². The molecule has 8 heteroatoms. The van der Waals surface area contributed by atoms with Crippen LogP contribution in [0.2, 0.25) is 0 Å². The third-order valence-electron chi connectivity index (χ3n) is 6.27. The van der Waals surface area contributed by atoms with Crippen molar-refractivity contribution < 1.29 is 14.3 Å². The number of ether oxygens (including phenoxy) is 1. The summed E-state index contributed by atoms with van der Waals surface area (Å²) in [6, 6.07) is 14.2. The highest BCUT2D eigenvalue weighted by Gasteiger charge is 2.40. The Hall–Kier alpha value is -3.13. The van der Waals surface area contributed by atoms with Gasteiger partial charge in [0, 0.05) is 31.3 Å². The number of thioether (sulfide) groups is 1. The normalized spacial score (nSPS) is 17.7. The fourth-order valence-corrected chi connectivity index (χ4v) is 5.48. The van der Waals surface area contributed by atoms with E-state index < -0.39 is 4.75 Å². The van der Waals surface area contributed by atoms with Gasteiger partial charge < -0.3 is 9.64 Å². The van der Waals surface area contributed by atoms with Crippen molar-refractivity contribution in [3.8, 4) is 5.75 Å². The molecule has 0 bridgehead atoms. The minimum Gasteiger partial charge on any atom is -0.497 e.